The highest BCUT2D eigenvalue weighted by atomic mass is 35.5. The lowest BCUT2D eigenvalue weighted by molar-refractivity contribution is -0.149. The van der Waals surface area contributed by atoms with Crippen molar-refractivity contribution in [3.8, 4) is 11.8 Å². The Bertz CT molecular complexity index is 465. The molecule has 0 aromatic heterocycles. The van der Waals surface area contributed by atoms with Crippen LogP contribution in [0.4, 0.5) is 0 Å². The van der Waals surface area contributed by atoms with Gasteiger partial charge in [-0.05, 0) is 24.6 Å². The summed E-state index contributed by atoms with van der Waals surface area (Å²) in [7, 11) is 0. The number of hydrogen-bond donors (Lipinski definition) is 1. The lowest BCUT2D eigenvalue weighted by atomic mass is 9.95. The number of carboxylic acid groups (broad SMARTS) is 1. The number of rotatable bonds is 3. The second-order valence-electron chi connectivity index (χ2n) is 3.05. The maximum absolute atomic E-state index is 11.4. The molecule has 1 aromatic carbocycles. The van der Waals surface area contributed by atoms with Gasteiger partial charge in [-0.3, -0.25) is 4.79 Å². The van der Waals surface area contributed by atoms with E-state index in [-0.39, 0.29) is 0 Å². The number of carbonyl (C=O) groups excluding carboxylic acids is 1. The van der Waals surface area contributed by atoms with Crippen LogP contribution in [0, 0.1) is 11.8 Å². The first-order valence-corrected chi connectivity index (χ1v) is 4.89. The first kappa shape index (κ1) is 12.3. The average Bonchev–Trinajstić information content (AvgIpc) is 2.26. The van der Waals surface area contributed by atoms with E-state index >= 15 is 0 Å². The van der Waals surface area contributed by atoms with Crippen molar-refractivity contribution >= 4 is 23.4 Å². The predicted octanol–water partition coefficient (Wildman–Crippen LogP) is 2.10. The zero-order valence-electron chi connectivity index (χ0n) is 8.53. The fourth-order valence-electron chi connectivity index (χ4n) is 1.22. The fraction of sp³-hybridized carbons (Fsp3) is 0.167. The second-order valence-corrected chi connectivity index (χ2v) is 3.48. The van der Waals surface area contributed by atoms with E-state index in [9.17, 15) is 9.59 Å². The topological polar surface area (TPSA) is 54.4 Å². The van der Waals surface area contributed by atoms with Gasteiger partial charge in [-0.1, -0.05) is 29.7 Å². The normalized spacial score (nSPS) is 11.1. The average molecular weight is 237 g/mol. The molecule has 1 unspecified atom stereocenters. The van der Waals surface area contributed by atoms with Crippen LogP contribution in [-0.4, -0.2) is 16.9 Å². The first-order chi connectivity index (χ1) is 7.56. The van der Waals surface area contributed by atoms with Gasteiger partial charge in [-0.15, -0.1) is 5.92 Å². The molecule has 0 spiro atoms. The number of carbonyl (C=O) groups is 2. The number of carboxylic acids is 1. The van der Waals surface area contributed by atoms with Gasteiger partial charge in [0.05, 0.1) is 0 Å². The Kier molecular flexibility index (Phi) is 4.10. The molecule has 0 aliphatic heterocycles. The van der Waals surface area contributed by atoms with Gasteiger partial charge in [0.15, 0.2) is 0 Å². The van der Waals surface area contributed by atoms with Gasteiger partial charge in [0.2, 0.25) is 0 Å². The van der Waals surface area contributed by atoms with E-state index in [0.29, 0.717) is 10.6 Å². The molecule has 0 aliphatic carbocycles. The Morgan fingerprint density at radius 1 is 1.31 bits per heavy atom. The molecule has 0 amide bonds. The van der Waals surface area contributed by atoms with Gasteiger partial charge in [0.25, 0.3) is 5.78 Å². The number of halogens is 1. The predicted molar refractivity (Wildman–Crippen MR) is 60.3 cm³/mol. The number of aliphatic carboxylic acids is 1. The maximum Gasteiger partial charge on any atom is 0.373 e. The molecule has 16 heavy (non-hydrogen) atoms. The zero-order chi connectivity index (χ0) is 12.1. The molecule has 3 nitrogen and oxygen atoms in total. The summed E-state index contributed by atoms with van der Waals surface area (Å²) in [5.41, 5.74) is 0.533. The Morgan fingerprint density at radius 3 is 2.31 bits per heavy atom. The lowest BCUT2D eigenvalue weighted by Gasteiger charge is -2.06. The van der Waals surface area contributed by atoms with Crippen LogP contribution in [0.2, 0.25) is 5.02 Å². The van der Waals surface area contributed by atoms with Gasteiger partial charge in [-0.25, -0.2) is 4.79 Å². The van der Waals surface area contributed by atoms with Crippen molar-refractivity contribution in [1.82, 2.24) is 0 Å². The molecular weight excluding hydrogens is 228 g/mol. The minimum Gasteiger partial charge on any atom is -0.475 e. The van der Waals surface area contributed by atoms with Crippen LogP contribution in [0.5, 0.6) is 0 Å². The molecule has 1 rings (SSSR count). The minimum atomic E-state index is -1.48. The fourth-order valence-corrected chi connectivity index (χ4v) is 1.35. The molecule has 1 N–H and O–H groups in total. The van der Waals surface area contributed by atoms with Crippen molar-refractivity contribution < 1.29 is 14.7 Å². The Morgan fingerprint density at radius 2 is 1.88 bits per heavy atom. The summed E-state index contributed by atoms with van der Waals surface area (Å²) in [6, 6.07) is 6.38. The third-order valence-corrected chi connectivity index (χ3v) is 2.22. The molecule has 1 atom stereocenters. The molecule has 0 bridgehead atoms. The highest BCUT2D eigenvalue weighted by Gasteiger charge is 2.24. The van der Waals surface area contributed by atoms with Gasteiger partial charge in [0, 0.05) is 5.02 Å². The first-order valence-electron chi connectivity index (χ1n) is 4.51. The van der Waals surface area contributed by atoms with Gasteiger partial charge >= 0.3 is 5.97 Å². The van der Waals surface area contributed by atoms with E-state index in [0.717, 1.165) is 0 Å². The summed E-state index contributed by atoms with van der Waals surface area (Å²) in [4.78, 5) is 22.0. The molecule has 0 heterocycles. The van der Waals surface area contributed by atoms with Crippen molar-refractivity contribution in [3.63, 3.8) is 0 Å². The highest BCUT2D eigenvalue weighted by molar-refractivity contribution is 6.35. The van der Waals surface area contributed by atoms with Gasteiger partial charge in [0.1, 0.15) is 5.92 Å². The number of Topliss-reactive ketones (excluding diaryl/α,β-unsaturated/α-hetero) is 1. The molecular formula is C12H9ClO3. The monoisotopic (exact) mass is 236 g/mol. The number of hydrogen-bond acceptors (Lipinski definition) is 2. The zero-order valence-corrected chi connectivity index (χ0v) is 9.28. The summed E-state index contributed by atoms with van der Waals surface area (Å²) < 4.78 is 0. The summed E-state index contributed by atoms with van der Waals surface area (Å²) in [6.07, 6.45) is 0. The number of ketones is 1. The summed E-state index contributed by atoms with van der Waals surface area (Å²) in [6.45, 7) is 1.55. The molecule has 0 aliphatic rings. The largest absolute Gasteiger partial charge is 0.475 e. The summed E-state index contributed by atoms with van der Waals surface area (Å²) in [5, 5.41) is 9.17. The van der Waals surface area contributed by atoms with Crippen molar-refractivity contribution in [2.45, 2.75) is 12.8 Å². The maximum atomic E-state index is 11.4. The molecule has 0 fully saturated rings. The molecule has 82 valence electrons. The van der Waals surface area contributed by atoms with Crippen LogP contribution in [0.15, 0.2) is 24.3 Å². The molecule has 1 aromatic rings. The van der Waals surface area contributed by atoms with Crippen molar-refractivity contribution in [2.24, 2.45) is 0 Å². The molecule has 0 radical (unpaired) electrons. The van der Waals surface area contributed by atoms with Crippen molar-refractivity contribution in [3.05, 3.63) is 34.9 Å². The van der Waals surface area contributed by atoms with Crippen LogP contribution in [0.25, 0.3) is 0 Å². The Labute approximate surface area is 98.0 Å². The summed E-state index contributed by atoms with van der Waals surface area (Å²) in [5.74, 6) is 1.78. The van der Waals surface area contributed by atoms with E-state index < -0.39 is 17.7 Å². The van der Waals surface area contributed by atoms with Crippen LogP contribution in [-0.2, 0) is 9.59 Å². The van der Waals surface area contributed by atoms with Crippen LogP contribution in [0.1, 0.15) is 18.4 Å². The van der Waals surface area contributed by atoms with E-state index in [1.165, 1.54) is 0 Å². The van der Waals surface area contributed by atoms with Gasteiger partial charge < -0.3 is 5.11 Å². The summed E-state index contributed by atoms with van der Waals surface area (Å²) >= 11 is 5.70. The smallest absolute Gasteiger partial charge is 0.373 e. The van der Waals surface area contributed by atoms with Crippen molar-refractivity contribution in [1.29, 1.82) is 0 Å². The van der Waals surface area contributed by atoms with E-state index in [4.69, 9.17) is 16.7 Å². The third kappa shape index (κ3) is 2.85. The van der Waals surface area contributed by atoms with Crippen LogP contribution < -0.4 is 0 Å². The quantitative estimate of drug-likeness (QED) is 0.646. The highest BCUT2D eigenvalue weighted by Crippen LogP contribution is 2.19. The minimum absolute atomic E-state index is 0.523. The Hall–Kier alpha value is -1.79. The standard InChI is InChI=1S/C12H9ClO3/c1-2-3-10(11(14)12(15)16)8-4-6-9(13)7-5-8/h4-7,10H,1H3,(H,15,16). The van der Waals surface area contributed by atoms with Crippen LogP contribution >= 0.6 is 11.6 Å². The van der Waals surface area contributed by atoms with Gasteiger partial charge in [-0.2, -0.15) is 0 Å². The van der Waals surface area contributed by atoms with E-state index in [2.05, 4.69) is 11.8 Å². The molecule has 0 saturated carbocycles. The molecule has 4 heteroatoms. The SMILES string of the molecule is CC#CC(C(=O)C(=O)O)c1ccc(Cl)cc1. The Balaban J connectivity index is 3.11. The van der Waals surface area contributed by atoms with E-state index in [1.807, 2.05) is 0 Å². The third-order valence-electron chi connectivity index (χ3n) is 1.96. The van der Waals surface area contributed by atoms with E-state index in [1.54, 1.807) is 31.2 Å². The number of benzene rings is 1. The van der Waals surface area contributed by atoms with Crippen molar-refractivity contribution in [2.75, 3.05) is 0 Å². The second kappa shape index (κ2) is 5.34. The lowest BCUT2D eigenvalue weighted by Crippen LogP contribution is -2.20. The van der Waals surface area contributed by atoms with Crippen LogP contribution in [0.3, 0.4) is 0 Å². The molecule has 0 saturated heterocycles.